The maximum Gasteiger partial charge on any atom is 0.251 e. The molecule has 126 valence electrons. The zero-order valence-electron chi connectivity index (χ0n) is 14.2. The standard InChI is InChI=1S/C20H25N3O/c1-2-15-18(19(20(21)24)16-5-3-4-6-23(15)16)17-13-7-12-8-14(17)11-22(9-12)10-13/h3-6,12-14,17H,2,7-11H2,1H3,(H2,21,24)/t12?,13-,14+,17?. The molecule has 3 unspecified atom stereocenters. The fourth-order valence-electron chi connectivity index (χ4n) is 6.15. The molecule has 0 aromatic carbocycles. The fourth-order valence-corrected chi connectivity index (χ4v) is 6.15. The van der Waals surface area contributed by atoms with Crippen molar-refractivity contribution in [3.05, 3.63) is 41.2 Å². The minimum atomic E-state index is -0.262. The zero-order valence-corrected chi connectivity index (χ0v) is 14.2. The molecule has 1 amide bonds. The van der Waals surface area contributed by atoms with Crippen molar-refractivity contribution in [2.24, 2.45) is 23.5 Å². The van der Waals surface area contributed by atoms with E-state index in [9.17, 15) is 4.79 Å². The third kappa shape index (κ3) is 1.86. The van der Waals surface area contributed by atoms with Gasteiger partial charge in [-0.2, -0.15) is 0 Å². The van der Waals surface area contributed by atoms with Gasteiger partial charge in [-0.3, -0.25) is 4.79 Å². The molecule has 5 atom stereocenters. The van der Waals surface area contributed by atoms with E-state index >= 15 is 0 Å². The molecule has 3 aliphatic heterocycles. The second-order valence-electron chi connectivity index (χ2n) is 8.01. The largest absolute Gasteiger partial charge is 0.366 e. The van der Waals surface area contributed by atoms with Crippen LogP contribution < -0.4 is 5.73 Å². The van der Waals surface area contributed by atoms with E-state index in [-0.39, 0.29) is 5.91 Å². The number of nitrogens with zero attached hydrogens (tertiary/aromatic N) is 2. The number of amides is 1. The monoisotopic (exact) mass is 323 g/mol. The number of fused-ring (bicyclic) bond motifs is 1. The molecule has 1 saturated carbocycles. The van der Waals surface area contributed by atoms with Crippen molar-refractivity contribution in [1.29, 1.82) is 0 Å². The minimum absolute atomic E-state index is 0.262. The van der Waals surface area contributed by atoms with E-state index in [1.54, 1.807) is 0 Å². The molecular formula is C20H25N3O. The summed E-state index contributed by atoms with van der Waals surface area (Å²) in [4.78, 5) is 15.0. The summed E-state index contributed by atoms with van der Waals surface area (Å²) >= 11 is 0. The van der Waals surface area contributed by atoms with E-state index < -0.39 is 0 Å². The Labute approximate surface area is 142 Å². The number of aryl methyl sites for hydroxylation is 1. The quantitative estimate of drug-likeness (QED) is 0.944. The second-order valence-corrected chi connectivity index (χ2v) is 8.01. The van der Waals surface area contributed by atoms with Crippen molar-refractivity contribution in [2.45, 2.75) is 32.1 Å². The Balaban J connectivity index is 1.74. The number of pyridine rings is 1. The van der Waals surface area contributed by atoms with E-state index in [1.807, 2.05) is 18.2 Å². The van der Waals surface area contributed by atoms with Gasteiger partial charge in [0.05, 0.1) is 11.1 Å². The number of rotatable bonds is 3. The molecule has 2 aromatic heterocycles. The first-order valence-corrected chi connectivity index (χ1v) is 9.31. The summed E-state index contributed by atoms with van der Waals surface area (Å²) < 4.78 is 2.21. The van der Waals surface area contributed by atoms with Crippen molar-refractivity contribution in [3.8, 4) is 0 Å². The number of carbonyl (C=O) groups excluding carboxylic acids is 1. The summed E-state index contributed by atoms with van der Waals surface area (Å²) in [6.07, 6.45) is 5.68. The zero-order chi connectivity index (χ0) is 16.4. The average molecular weight is 323 g/mol. The molecule has 2 aromatic rings. The molecule has 4 bridgehead atoms. The van der Waals surface area contributed by atoms with Crippen molar-refractivity contribution in [3.63, 3.8) is 0 Å². The second kappa shape index (κ2) is 5.09. The topological polar surface area (TPSA) is 50.7 Å². The highest BCUT2D eigenvalue weighted by Crippen LogP contribution is 2.53. The molecule has 4 nitrogen and oxygen atoms in total. The van der Waals surface area contributed by atoms with Crippen molar-refractivity contribution >= 4 is 11.4 Å². The summed E-state index contributed by atoms with van der Waals surface area (Å²) in [5, 5.41) is 0. The Hall–Kier alpha value is -1.81. The number of carbonyl (C=O) groups is 1. The normalized spacial score (nSPS) is 34.1. The highest BCUT2D eigenvalue weighted by molar-refractivity contribution is 6.02. The van der Waals surface area contributed by atoms with Gasteiger partial charge in [0, 0.05) is 31.5 Å². The molecule has 0 radical (unpaired) electrons. The molecule has 5 heterocycles. The van der Waals surface area contributed by atoms with Crippen LogP contribution in [0.1, 0.15) is 47.3 Å². The molecule has 4 heteroatoms. The van der Waals surface area contributed by atoms with Crippen LogP contribution in [0.4, 0.5) is 0 Å². The highest BCUT2D eigenvalue weighted by Gasteiger charge is 2.49. The van der Waals surface area contributed by atoms with Crippen LogP contribution in [-0.4, -0.2) is 34.8 Å². The first kappa shape index (κ1) is 14.5. The molecular weight excluding hydrogens is 298 g/mol. The lowest BCUT2D eigenvalue weighted by Gasteiger charge is -2.56. The van der Waals surface area contributed by atoms with Crippen LogP contribution in [0, 0.1) is 17.8 Å². The number of piperidine rings is 3. The van der Waals surface area contributed by atoms with Gasteiger partial charge in [-0.05, 0) is 60.6 Å². The average Bonchev–Trinajstić information content (AvgIpc) is 2.88. The predicted molar refractivity (Wildman–Crippen MR) is 94.2 cm³/mol. The van der Waals surface area contributed by atoms with E-state index in [2.05, 4.69) is 22.4 Å². The number of hydrogen-bond acceptors (Lipinski definition) is 2. The van der Waals surface area contributed by atoms with Crippen LogP contribution in [-0.2, 0) is 6.42 Å². The third-order valence-electron chi connectivity index (χ3n) is 6.69. The number of primary amides is 1. The van der Waals surface area contributed by atoms with E-state index in [0.29, 0.717) is 17.8 Å². The molecule has 4 aliphatic rings. The first-order valence-electron chi connectivity index (χ1n) is 9.31. The van der Waals surface area contributed by atoms with Gasteiger partial charge < -0.3 is 15.0 Å². The summed E-state index contributed by atoms with van der Waals surface area (Å²) in [5.74, 6) is 2.50. The van der Waals surface area contributed by atoms with Gasteiger partial charge in [-0.25, -0.2) is 0 Å². The van der Waals surface area contributed by atoms with Crippen LogP contribution in [0.25, 0.3) is 5.52 Å². The SMILES string of the molecule is CCc1c(C2[C@@H]3CC4C[C@H]2CN(C4)C3)c(C(N)=O)c2ccccn12. The van der Waals surface area contributed by atoms with Gasteiger partial charge in [0.1, 0.15) is 0 Å². The molecule has 3 saturated heterocycles. The van der Waals surface area contributed by atoms with Gasteiger partial charge in [-0.15, -0.1) is 0 Å². The molecule has 0 spiro atoms. The molecule has 24 heavy (non-hydrogen) atoms. The Bertz CT molecular complexity index is 794. The van der Waals surface area contributed by atoms with Gasteiger partial charge >= 0.3 is 0 Å². The van der Waals surface area contributed by atoms with Crippen LogP contribution >= 0.6 is 0 Å². The number of hydrogen-bond donors (Lipinski definition) is 1. The van der Waals surface area contributed by atoms with Crippen LogP contribution in [0.3, 0.4) is 0 Å². The summed E-state index contributed by atoms with van der Waals surface area (Å²) in [6.45, 7) is 5.89. The maximum absolute atomic E-state index is 12.4. The number of aromatic nitrogens is 1. The Morgan fingerprint density at radius 2 is 1.96 bits per heavy atom. The minimum Gasteiger partial charge on any atom is -0.366 e. The van der Waals surface area contributed by atoms with Crippen LogP contribution in [0.5, 0.6) is 0 Å². The summed E-state index contributed by atoms with van der Waals surface area (Å²) in [5.41, 5.74) is 10.2. The van der Waals surface area contributed by atoms with E-state index in [4.69, 9.17) is 5.73 Å². The number of nitrogens with two attached hydrogens (primary N) is 1. The molecule has 4 fully saturated rings. The lowest BCUT2D eigenvalue weighted by Crippen LogP contribution is -2.57. The third-order valence-corrected chi connectivity index (χ3v) is 6.69. The van der Waals surface area contributed by atoms with Crippen molar-refractivity contribution in [1.82, 2.24) is 9.30 Å². The van der Waals surface area contributed by atoms with Gasteiger partial charge in [0.25, 0.3) is 5.91 Å². The lowest BCUT2D eigenvalue weighted by molar-refractivity contribution is -0.0360. The lowest BCUT2D eigenvalue weighted by atomic mass is 9.59. The van der Waals surface area contributed by atoms with Crippen molar-refractivity contribution < 1.29 is 4.79 Å². The molecule has 2 N–H and O–H groups in total. The van der Waals surface area contributed by atoms with Gasteiger partial charge in [-0.1, -0.05) is 13.0 Å². The van der Waals surface area contributed by atoms with E-state index in [0.717, 1.165) is 23.4 Å². The van der Waals surface area contributed by atoms with Crippen LogP contribution in [0.2, 0.25) is 0 Å². The Kier molecular flexibility index (Phi) is 3.08. The van der Waals surface area contributed by atoms with Crippen molar-refractivity contribution in [2.75, 3.05) is 19.6 Å². The Morgan fingerprint density at radius 1 is 1.21 bits per heavy atom. The van der Waals surface area contributed by atoms with Crippen LogP contribution in [0.15, 0.2) is 24.4 Å². The fraction of sp³-hybridized carbons (Fsp3) is 0.550. The summed E-state index contributed by atoms with van der Waals surface area (Å²) in [6, 6.07) is 6.10. The summed E-state index contributed by atoms with van der Waals surface area (Å²) in [7, 11) is 0. The molecule has 6 rings (SSSR count). The van der Waals surface area contributed by atoms with Gasteiger partial charge in [0.15, 0.2) is 0 Å². The Morgan fingerprint density at radius 3 is 2.58 bits per heavy atom. The smallest absolute Gasteiger partial charge is 0.251 e. The maximum atomic E-state index is 12.4. The van der Waals surface area contributed by atoms with E-state index in [1.165, 1.54) is 43.7 Å². The first-order chi connectivity index (χ1) is 11.7. The van der Waals surface area contributed by atoms with Gasteiger partial charge in [0.2, 0.25) is 0 Å². The highest BCUT2D eigenvalue weighted by atomic mass is 16.1. The molecule has 1 aliphatic carbocycles. The predicted octanol–water partition coefficient (Wildman–Crippen LogP) is 2.66.